The lowest BCUT2D eigenvalue weighted by molar-refractivity contribution is 0.552. The van der Waals surface area contributed by atoms with Crippen LogP contribution in [0.2, 0.25) is 5.02 Å². The summed E-state index contributed by atoms with van der Waals surface area (Å²) in [6, 6.07) is 12.9. The summed E-state index contributed by atoms with van der Waals surface area (Å²) in [6.45, 7) is 4.88. The summed E-state index contributed by atoms with van der Waals surface area (Å²) in [5.74, 6) is 0. The number of hydrogen-bond acceptors (Lipinski definition) is 2. The standard InChI is InChI=1S/C17H19ClN2OS/c1-4-20(3)12-19-16-11-15(18)17(10-13(16)2)22(21)14-8-6-5-7-9-14/h5-12H,4H2,1-3H3. The van der Waals surface area contributed by atoms with Crippen LogP contribution in [0.15, 0.2) is 57.2 Å². The van der Waals surface area contributed by atoms with Crippen LogP contribution in [0.4, 0.5) is 5.69 Å². The predicted octanol–water partition coefficient (Wildman–Crippen LogP) is 4.43. The van der Waals surface area contributed by atoms with E-state index in [1.165, 1.54) is 0 Å². The van der Waals surface area contributed by atoms with Gasteiger partial charge in [0.15, 0.2) is 0 Å². The number of benzene rings is 2. The highest BCUT2D eigenvalue weighted by molar-refractivity contribution is 7.85. The monoisotopic (exact) mass is 334 g/mol. The molecular weight excluding hydrogens is 316 g/mol. The molecule has 0 saturated carbocycles. The van der Waals surface area contributed by atoms with E-state index in [0.29, 0.717) is 9.92 Å². The van der Waals surface area contributed by atoms with Crippen molar-refractivity contribution in [3.05, 3.63) is 53.1 Å². The van der Waals surface area contributed by atoms with Gasteiger partial charge < -0.3 is 4.90 Å². The molecule has 0 radical (unpaired) electrons. The van der Waals surface area contributed by atoms with E-state index in [-0.39, 0.29) is 0 Å². The first-order valence-electron chi connectivity index (χ1n) is 7.04. The van der Waals surface area contributed by atoms with Gasteiger partial charge in [-0.05, 0) is 43.7 Å². The quantitative estimate of drug-likeness (QED) is 0.598. The number of aliphatic imine (C=N–C) groups is 1. The molecule has 0 aliphatic carbocycles. The molecule has 2 aromatic carbocycles. The Kier molecular flexibility index (Phi) is 5.75. The molecule has 3 nitrogen and oxygen atoms in total. The minimum absolute atomic E-state index is 0.471. The van der Waals surface area contributed by atoms with Crippen molar-refractivity contribution in [3.8, 4) is 0 Å². The van der Waals surface area contributed by atoms with Gasteiger partial charge in [0.05, 0.1) is 32.7 Å². The molecule has 0 saturated heterocycles. The summed E-state index contributed by atoms with van der Waals surface area (Å²) in [7, 11) is 0.672. The van der Waals surface area contributed by atoms with Gasteiger partial charge >= 0.3 is 0 Å². The average Bonchev–Trinajstić information content (AvgIpc) is 2.55. The minimum Gasteiger partial charge on any atom is -0.366 e. The van der Waals surface area contributed by atoms with Crippen LogP contribution in [-0.2, 0) is 10.8 Å². The fourth-order valence-electron chi connectivity index (χ4n) is 1.84. The Morgan fingerprint density at radius 3 is 2.59 bits per heavy atom. The lowest BCUT2D eigenvalue weighted by atomic mass is 10.2. The second kappa shape index (κ2) is 7.56. The number of halogens is 1. The molecule has 2 aromatic rings. The van der Waals surface area contributed by atoms with Crippen molar-refractivity contribution < 1.29 is 4.21 Å². The second-order valence-electron chi connectivity index (χ2n) is 4.97. The van der Waals surface area contributed by atoms with Crippen LogP contribution < -0.4 is 0 Å². The van der Waals surface area contributed by atoms with E-state index >= 15 is 0 Å². The summed E-state index contributed by atoms with van der Waals surface area (Å²) < 4.78 is 12.6. The molecule has 5 heteroatoms. The molecule has 1 unspecified atom stereocenters. The average molecular weight is 335 g/mol. The van der Waals surface area contributed by atoms with Crippen LogP contribution in [-0.4, -0.2) is 29.0 Å². The molecule has 0 aromatic heterocycles. The van der Waals surface area contributed by atoms with Gasteiger partial charge in [0.1, 0.15) is 0 Å². The van der Waals surface area contributed by atoms with E-state index in [0.717, 1.165) is 22.7 Å². The number of nitrogens with zero attached hydrogens (tertiary/aromatic N) is 2. The summed E-state index contributed by atoms with van der Waals surface area (Å²) in [5.41, 5.74) is 1.74. The van der Waals surface area contributed by atoms with Gasteiger partial charge in [-0.25, -0.2) is 9.20 Å². The predicted molar refractivity (Wildman–Crippen MR) is 93.8 cm³/mol. The van der Waals surface area contributed by atoms with E-state index in [2.05, 4.69) is 11.9 Å². The molecule has 0 amide bonds. The van der Waals surface area contributed by atoms with Crippen molar-refractivity contribution >= 4 is 34.4 Å². The van der Waals surface area contributed by atoms with Crippen molar-refractivity contribution in [2.75, 3.05) is 13.6 Å². The molecule has 0 heterocycles. The summed E-state index contributed by atoms with van der Waals surface area (Å²) >= 11 is 6.31. The summed E-state index contributed by atoms with van der Waals surface area (Å²) in [5, 5.41) is 0.471. The molecule has 0 fully saturated rings. The maximum absolute atomic E-state index is 12.6. The normalized spacial score (nSPS) is 12.5. The Morgan fingerprint density at radius 2 is 1.95 bits per heavy atom. The van der Waals surface area contributed by atoms with E-state index in [9.17, 15) is 4.21 Å². The van der Waals surface area contributed by atoms with Gasteiger partial charge in [-0.1, -0.05) is 29.8 Å². The summed E-state index contributed by atoms with van der Waals surface area (Å²) in [6.07, 6.45) is 1.77. The Morgan fingerprint density at radius 1 is 1.27 bits per heavy atom. The van der Waals surface area contributed by atoms with Gasteiger partial charge in [0.25, 0.3) is 0 Å². The highest BCUT2D eigenvalue weighted by Gasteiger charge is 2.13. The third-order valence-corrected chi connectivity index (χ3v) is 5.16. The van der Waals surface area contributed by atoms with Crippen molar-refractivity contribution in [2.24, 2.45) is 4.99 Å². The first kappa shape index (κ1) is 16.7. The fraction of sp³-hybridized carbons (Fsp3) is 0.235. The van der Waals surface area contributed by atoms with E-state index in [1.54, 1.807) is 12.4 Å². The fourth-order valence-corrected chi connectivity index (χ4v) is 3.39. The smallest absolute Gasteiger partial charge is 0.0909 e. The van der Waals surface area contributed by atoms with E-state index < -0.39 is 10.8 Å². The molecule has 1 atom stereocenters. The Balaban J connectivity index is 2.34. The van der Waals surface area contributed by atoms with Gasteiger partial charge in [-0.15, -0.1) is 0 Å². The lowest BCUT2D eigenvalue weighted by Crippen LogP contribution is -2.14. The number of aryl methyl sites for hydroxylation is 1. The Labute approximate surface area is 139 Å². The second-order valence-corrected chi connectivity index (χ2v) is 6.82. The van der Waals surface area contributed by atoms with Crippen LogP contribution in [0.5, 0.6) is 0 Å². The number of hydrogen-bond donors (Lipinski definition) is 0. The molecule has 0 spiro atoms. The molecule has 0 aliphatic heterocycles. The Bertz CT molecular complexity index is 701. The zero-order valence-corrected chi connectivity index (χ0v) is 14.5. The molecule has 0 N–H and O–H groups in total. The highest BCUT2D eigenvalue weighted by atomic mass is 35.5. The zero-order chi connectivity index (χ0) is 16.1. The Hall–Kier alpha value is -1.65. The van der Waals surface area contributed by atoms with Crippen LogP contribution in [0.1, 0.15) is 12.5 Å². The molecule has 2 rings (SSSR count). The molecule has 0 aliphatic rings. The maximum atomic E-state index is 12.6. The molecular formula is C17H19ClN2OS. The van der Waals surface area contributed by atoms with Crippen LogP contribution >= 0.6 is 11.6 Å². The molecule has 0 bridgehead atoms. The van der Waals surface area contributed by atoms with Crippen LogP contribution in [0, 0.1) is 6.92 Å². The van der Waals surface area contributed by atoms with Crippen LogP contribution in [0.25, 0.3) is 0 Å². The zero-order valence-electron chi connectivity index (χ0n) is 12.9. The highest BCUT2D eigenvalue weighted by Crippen LogP contribution is 2.31. The topological polar surface area (TPSA) is 32.7 Å². The van der Waals surface area contributed by atoms with Gasteiger partial charge in [-0.2, -0.15) is 0 Å². The van der Waals surface area contributed by atoms with Gasteiger partial charge in [0.2, 0.25) is 0 Å². The third kappa shape index (κ3) is 3.96. The van der Waals surface area contributed by atoms with Crippen molar-refractivity contribution in [1.82, 2.24) is 4.90 Å². The van der Waals surface area contributed by atoms with Crippen molar-refractivity contribution in [3.63, 3.8) is 0 Å². The summed E-state index contributed by atoms with van der Waals surface area (Å²) in [4.78, 5) is 7.76. The first-order valence-corrected chi connectivity index (χ1v) is 8.57. The molecule has 22 heavy (non-hydrogen) atoms. The van der Waals surface area contributed by atoms with E-state index in [1.807, 2.05) is 55.3 Å². The van der Waals surface area contributed by atoms with Gasteiger partial charge in [0, 0.05) is 18.5 Å². The lowest BCUT2D eigenvalue weighted by Gasteiger charge is -2.11. The minimum atomic E-state index is -1.29. The van der Waals surface area contributed by atoms with Gasteiger partial charge in [-0.3, -0.25) is 0 Å². The SMILES string of the molecule is CCN(C)C=Nc1cc(Cl)c(S(=O)c2ccccc2)cc1C. The number of rotatable bonds is 5. The van der Waals surface area contributed by atoms with Crippen LogP contribution in [0.3, 0.4) is 0 Å². The van der Waals surface area contributed by atoms with E-state index in [4.69, 9.17) is 11.6 Å². The largest absolute Gasteiger partial charge is 0.366 e. The third-order valence-electron chi connectivity index (χ3n) is 3.30. The van der Waals surface area contributed by atoms with Crippen molar-refractivity contribution in [1.29, 1.82) is 0 Å². The maximum Gasteiger partial charge on any atom is 0.0909 e. The first-order chi connectivity index (χ1) is 10.5. The van der Waals surface area contributed by atoms with Crippen molar-refractivity contribution in [2.45, 2.75) is 23.6 Å². The molecule has 116 valence electrons.